The van der Waals surface area contributed by atoms with Gasteiger partial charge in [0.05, 0.1) is 0 Å². The minimum absolute atomic E-state index is 0. The van der Waals surface area contributed by atoms with Crippen molar-refractivity contribution in [2.24, 2.45) is 0 Å². The molecule has 0 unspecified atom stereocenters. The van der Waals surface area contributed by atoms with E-state index in [0.29, 0.717) is 0 Å². The van der Waals surface area contributed by atoms with Gasteiger partial charge < -0.3 is 15.3 Å². The Morgan fingerprint density at radius 2 is 0.475 bits per heavy atom. The van der Waals surface area contributed by atoms with Gasteiger partial charge >= 0.3 is 37.1 Å². The Morgan fingerprint density at radius 3 is 0.550 bits per heavy atom. The number of ketones is 3. The second-order valence-corrected chi connectivity index (χ2v) is 5.67. The SMILES string of the molecule is O=C(/C=C(/O)C(F)(F)F)C(F)(F)F.O=C(/C=C(/O)C(F)(F)F)C(F)(F)F.O=C(/C=C(/O)C(F)(F)F)C(F)(F)F.[Fe]. The van der Waals surface area contributed by atoms with Crippen molar-refractivity contribution >= 4 is 17.3 Å². The molecule has 0 saturated carbocycles. The molecule has 236 valence electrons. The number of hydrogen-bond donors (Lipinski definition) is 3. The van der Waals surface area contributed by atoms with E-state index in [9.17, 15) is 93.4 Å². The van der Waals surface area contributed by atoms with Crippen LogP contribution in [0.5, 0.6) is 0 Å². The van der Waals surface area contributed by atoms with E-state index in [1.807, 2.05) is 0 Å². The van der Waals surface area contributed by atoms with Crippen LogP contribution in [0, 0.1) is 0 Å². The van der Waals surface area contributed by atoms with Gasteiger partial charge in [0.1, 0.15) is 0 Å². The van der Waals surface area contributed by atoms with Crippen molar-refractivity contribution in [3.05, 3.63) is 35.5 Å². The normalized spacial score (nSPS) is 14.1. The molecule has 0 heterocycles. The zero-order chi connectivity index (χ0) is 32.6. The van der Waals surface area contributed by atoms with Crippen LogP contribution in [0.15, 0.2) is 35.5 Å². The average molecular weight is 680 g/mol. The van der Waals surface area contributed by atoms with Gasteiger partial charge in [-0.05, 0) is 0 Å². The van der Waals surface area contributed by atoms with Crippen LogP contribution in [-0.4, -0.2) is 69.7 Å². The molecule has 0 atom stereocenters. The van der Waals surface area contributed by atoms with Crippen molar-refractivity contribution in [1.29, 1.82) is 0 Å². The summed E-state index contributed by atoms with van der Waals surface area (Å²) >= 11 is 0. The van der Waals surface area contributed by atoms with Crippen molar-refractivity contribution in [1.82, 2.24) is 0 Å². The van der Waals surface area contributed by atoms with E-state index >= 15 is 0 Å². The molecule has 0 aliphatic carbocycles. The summed E-state index contributed by atoms with van der Waals surface area (Å²) in [5.74, 6) is -16.0. The molecule has 0 aliphatic heterocycles. The fraction of sp³-hybridized carbons (Fsp3) is 0.400. The van der Waals surface area contributed by atoms with Gasteiger partial charge in [0.15, 0.2) is 0 Å². The molecule has 0 aromatic rings. The third-order valence-electron chi connectivity index (χ3n) is 2.51. The zero-order valence-electron chi connectivity index (χ0n) is 17.5. The van der Waals surface area contributed by atoms with Crippen molar-refractivity contribution in [3.8, 4) is 0 Å². The number of alkyl halides is 18. The van der Waals surface area contributed by atoms with Crippen molar-refractivity contribution in [2.75, 3.05) is 0 Å². The number of carbonyl (C=O) groups is 3. The molecule has 0 bridgehead atoms. The predicted molar refractivity (Wildman–Crippen MR) is 83.5 cm³/mol. The first-order chi connectivity index (χ1) is 16.6. The quantitative estimate of drug-likeness (QED) is 0.139. The van der Waals surface area contributed by atoms with E-state index in [1.54, 1.807) is 0 Å². The maximum Gasteiger partial charge on any atom is 0.454 e. The van der Waals surface area contributed by atoms with Crippen LogP contribution >= 0.6 is 0 Å². The van der Waals surface area contributed by atoms with Crippen molar-refractivity contribution < 1.29 is 126 Å². The summed E-state index contributed by atoms with van der Waals surface area (Å²) in [4.78, 5) is 29.6. The Kier molecular flexibility index (Phi) is 16.5. The maximum absolute atomic E-state index is 11.4. The Labute approximate surface area is 216 Å². The molecule has 40 heavy (non-hydrogen) atoms. The molecule has 0 aromatic carbocycles. The van der Waals surface area contributed by atoms with Crippen LogP contribution in [0.4, 0.5) is 79.0 Å². The molecule has 0 amide bonds. The molecule has 3 N–H and O–H groups in total. The van der Waals surface area contributed by atoms with Crippen LogP contribution in [0.3, 0.4) is 0 Å². The van der Waals surface area contributed by atoms with Gasteiger partial charge in [-0.2, -0.15) is 79.0 Å². The average Bonchev–Trinajstić information content (AvgIpc) is 2.64. The standard InChI is InChI=1S/3C5H2F6O2.Fe/c3*6-4(7,8)2(12)1-3(13)5(9,10)11;/h3*1,12H;/b3*2-1+;. The van der Waals surface area contributed by atoms with Gasteiger partial charge in [-0.1, -0.05) is 0 Å². The number of aliphatic hydroxyl groups excluding tert-OH is 3. The van der Waals surface area contributed by atoms with E-state index < -0.39 is 89.9 Å². The van der Waals surface area contributed by atoms with E-state index in [4.69, 9.17) is 15.3 Å². The Hall–Kier alpha value is -3.11. The fourth-order valence-electron chi connectivity index (χ4n) is 0.864. The Balaban J connectivity index is -0.000000240. The molecule has 25 heteroatoms. The van der Waals surface area contributed by atoms with Crippen LogP contribution in [0.1, 0.15) is 0 Å². The molecule has 0 fully saturated rings. The molecule has 6 nitrogen and oxygen atoms in total. The predicted octanol–water partition coefficient (Wildman–Crippen LogP) is 6.36. The summed E-state index contributed by atoms with van der Waals surface area (Å²) in [5, 5.41) is 23.8. The first-order valence-electron chi connectivity index (χ1n) is 7.92. The summed E-state index contributed by atoms with van der Waals surface area (Å²) < 4.78 is 204. The number of allylic oxidation sites excluding steroid dienone is 6. The molecule has 0 saturated heterocycles. The minimum Gasteiger partial charge on any atom is -0.504 e. The van der Waals surface area contributed by atoms with Gasteiger partial charge in [0.25, 0.3) is 17.3 Å². The third kappa shape index (κ3) is 19.9. The summed E-state index contributed by atoms with van der Waals surface area (Å²) in [6.45, 7) is 0. The van der Waals surface area contributed by atoms with E-state index in [0.717, 1.165) is 0 Å². The Morgan fingerprint density at radius 1 is 0.350 bits per heavy atom. The smallest absolute Gasteiger partial charge is 0.454 e. The van der Waals surface area contributed by atoms with Crippen LogP contribution < -0.4 is 0 Å². The second-order valence-electron chi connectivity index (χ2n) is 5.67. The number of rotatable bonds is 3. The van der Waals surface area contributed by atoms with Gasteiger partial charge in [-0.25, -0.2) is 0 Å². The van der Waals surface area contributed by atoms with Crippen LogP contribution in [0.2, 0.25) is 0 Å². The van der Waals surface area contributed by atoms with Crippen molar-refractivity contribution in [3.63, 3.8) is 0 Å². The maximum atomic E-state index is 11.4. The van der Waals surface area contributed by atoms with Crippen LogP contribution in [0.25, 0.3) is 0 Å². The molecule has 0 aromatic heterocycles. The van der Waals surface area contributed by atoms with E-state index in [-0.39, 0.29) is 17.1 Å². The molecule has 0 spiro atoms. The first kappa shape index (κ1) is 43.9. The number of hydrogen-bond acceptors (Lipinski definition) is 6. The molecule has 0 radical (unpaired) electrons. The van der Waals surface area contributed by atoms with Crippen molar-refractivity contribution in [2.45, 2.75) is 37.1 Å². The summed E-state index contributed by atoms with van der Waals surface area (Å²) in [6, 6.07) is 0. The fourth-order valence-corrected chi connectivity index (χ4v) is 0.864. The van der Waals surface area contributed by atoms with Gasteiger partial charge in [-0.3, -0.25) is 14.4 Å². The van der Waals surface area contributed by atoms with E-state index in [1.165, 1.54) is 0 Å². The van der Waals surface area contributed by atoms with Gasteiger partial charge in [0.2, 0.25) is 17.3 Å². The first-order valence-corrected chi connectivity index (χ1v) is 7.92. The Bertz CT molecular complexity index is 834. The van der Waals surface area contributed by atoms with Gasteiger partial charge in [0, 0.05) is 35.3 Å². The molecular formula is C15H6F18FeO6. The number of halogens is 18. The molecule has 0 rings (SSSR count). The number of aliphatic hydroxyl groups is 3. The summed E-state index contributed by atoms with van der Waals surface area (Å²) in [7, 11) is 0. The largest absolute Gasteiger partial charge is 0.504 e. The minimum atomic E-state index is -5.42. The van der Waals surface area contributed by atoms with E-state index in [2.05, 4.69) is 0 Å². The molecule has 0 aliphatic rings. The summed E-state index contributed by atoms with van der Waals surface area (Å²) in [5.41, 5.74) is 0. The monoisotopic (exact) mass is 680 g/mol. The second kappa shape index (κ2) is 15.0. The number of carbonyl (C=O) groups excluding carboxylic acids is 3. The topological polar surface area (TPSA) is 112 Å². The van der Waals surface area contributed by atoms with Crippen LogP contribution in [-0.2, 0) is 31.5 Å². The third-order valence-corrected chi connectivity index (χ3v) is 2.51. The van der Waals surface area contributed by atoms with Gasteiger partial charge in [-0.15, -0.1) is 0 Å². The summed E-state index contributed by atoms with van der Waals surface area (Å²) in [6.07, 6.45) is -35.0. The molecular weight excluding hydrogens is 674 g/mol. The zero-order valence-corrected chi connectivity index (χ0v) is 18.6.